The van der Waals surface area contributed by atoms with E-state index in [1.54, 1.807) is 18.1 Å². The van der Waals surface area contributed by atoms with Gasteiger partial charge >= 0.3 is 0 Å². The Morgan fingerprint density at radius 1 is 1.26 bits per heavy atom. The van der Waals surface area contributed by atoms with E-state index in [-0.39, 0.29) is 24.1 Å². The van der Waals surface area contributed by atoms with Gasteiger partial charge < -0.3 is 14.6 Å². The van der Waals surface area contributed by atoms with Gasteiger partial charge in [0.05, 0.1) is 23.2 Å². The molecule has 2 heterocycles. The average Bonchev–Trinajstić information content (AvgIpc) is 2.61. The van der Waals surface area contributed by atoms with E-state index >= 15 is 0 Å². The lowest BCUT2D eigenvalue weighted by Gasteiger charge is -2.31. The van der Waals surface area contributed by atoms with Gasteiger partial charge in [-0.15, -0.1) is 0 Å². The van der Waals surface area contributed by atoms with E-state index < -0.39 is 0 Å². The highest BCUT2D eigenvalue weighted by Crippen LogP contribution is 2.38. The predicted molar refractivity (Wildman–Crippen MR) is 107 cm³/mol. The van der Waals surface area contributed by atoms with E-state index in [2.05, 4.69) is 4.98 Å². The van der Waals surface area contributed by atoms with E-state index in [4.69, 9.17) is 27.9 Å². The number of nitrogens with one attached hydrogen (secondary N) is 1. The van der Waals surface area contributed by atoms with Gasteiger partial charge in [0.1, 0.15) is 0 Å². The number of hydrogen-bond donors (Lipinski definition) is 1. The number of carbonyl (C=O) groups excluding carboxylic acids is 1. The molecule has 1 aliphatic heterocycles. The van der Waals surface area contributed by atoms with Crippen LogP contribution in [0, 0.1) is 13.8 Å². The standard InChI is InChI=1S/C20H22Cl2N2O3/c1-10-7-11(2)23-19(25)15(10)9-24-6-5-13-16(21)8-14(12(3)27-4)18(22)17(13)20(24)26/h7-8,12H,5-6,9H2,1-4H3,(H,23,25). The summed E-state index contributed by atoms with van der Waals surface area (Å²) in [6, 6.07) is 3.68. The van der Waals surface area contributed by atoms with Gasteiger partial charge in [-0.3, -0.25) is 9.59 Å². The molecule has 0 radical (unpaired) electrons. The maximum Gasteiger partial charge on any atom is 0.256 e. The van der Waals surface area contributed by atoms with Crippen molar-refractivity contribution in [3.63, 3.8) is 0 Å². The lowest BCUT2D eigenvalue weighted by atomic mass is 9.94. The largest absolute Gasteiger partial charge is 0.377 e. The van der Waals surface area contributed by atoms with E-state index in [0.717, 1.165) is 16.8 Å². The average molecular weight is 409 g/mol. The zero-order valence-corrected chi connectivity index (χ0v) is 17.3. The maximum absolute atomic E-state index is 13.2. The Labute approximate surface area is 168 Å². The number of aromatic nitrogens is 1. The Morgan fingerprint density at radius 3 is 2.59 bits per heavy atom. The molecular weight excluding hydrogens is 387 g/mol. The predicted octanol–water partition coefficient (Wildman–Crippen LogP) is 4.20. The molecule has 0 saturated carbocycles. The molecule has 1 aliphatic rings. The third kappa shape index (κ3) is 3.64. The number of amides is 1. The van der Waals surface area contributed by atoms with Crippen LogP contribution in [0.15, 0.2) is 16.9 Å². The molecule has 7 heteroatoms. The van der Waals surface area contributed by atoms with E-state index in [1.807, 2.05) is 26.8 Å². The molecule has 1 amide bonds. The topological polar surface area (TPSA) is 62.4 Å². The van der Waals surface area contributed by atoms with Crippen molar-refractivity contribution in [3.05, 3.63) is 66.0 Å². The molecule has 0 bridgehead atoms. The Bertz CT molecular complexity index is 969. The number of hydrogen-bond acceptors (Lipinski definition) is 3. The van der Waals surface area contributed by atoms with Gasteiger partial charge in [-0.2, -0.15) is 0 Å². The highest BCUT2D eigenvalue weighted by molar-refractivity contribution is 6.37. The number of aromatic amines is 1. The van der Waals surface area contributed by atoms with Crippen LogP contribution in [0.1, 0.15) is 51.3 Å². The normalized spacial score (nSPS) is 15.0. The molecule has 1 N–H and O–H groups in total. The number of rotatable bonds is 4. The minimum absolute atomic E-state index is 0.169. The number of ether oxygens (including phenoxy) is 1. The van der Waals surface area contributed by atoms with Crippen LogP contribution in [-0.4, -0.2) is 29.4 Å². The van der Waals surface area contributed by atoms with Crippen molar-refractivity contribution in [3.8, 4) is 0 Å². The van der Waals surface area contributed by atoms with Crippen molar-refractivity contribution in [1.82, 2.24) is 9.88 Å². The van der Waals surface area contributed by atoms with Gasteiger partial charge in [-0.1, -0.05) is 23.2 Å². The van der Waals surface area contributed by atoms with Crippen molar-refractivity contribution in [2.75, 3.05) is 13.7 Å². The first-order valence-corrected chi connectivity index (χ1v) is 9.52. The molecule has 1 atom stereocenters. The van der Waals surface area contributed by atoms with Crippen LogP contribution in [-0.2, 0) is 17.7 Å². The van der Waals surface area contributed by atoms with Gasteiger partial charge in [-0.25, -0.2) is 0 Å². The minimum atomic E-state index is -0.286. The molecule has 0 fully saturated rings. The number of methoxy groups -OCH3 is 1. The first kappa shape index (κ1) is 19.9. The van der Waals surface area contributed by atoms with Crippen molar-refractivity contribution < 1.29 is 9.53 Å². The fourth-order valence-corrected chi connectivity index (χ4v) is 4.21. The Hall–Kier alpha value is -1.82. The van der Waals surface area contributed by atoms with Crippen molar-refractivity contribution in [2.24, 2.45) is 0 Å². The maximum atomic E-state index is 13.2. The zero-order chi connectivity index (χ0) is 19.9. The van der Waals surface area contributed by atoms with Crippen LogP contribution in [0.5, 0.6) is 0 Å². The highest BCUT2D eigenvalue weighted by atomic mass is 35.5. The van der Waals surface area contributed by atoms with Gasteiger partial charge in [0.25, 0.3) is 11.5 Å². The molecular formula is C20H22Cl2N2O3. The zero-order valence-electron chi connectivity index (χ0n) is 15.8. The Kier molecular flexibility index (Phi) is 5.65. The molecule has 0 aliphatic carbocycles. The SMILES string of the molecule is COC(C)c1cc(Cl)c2c(c1Cl)C(=O)N(Cc1c(C)cc(C)[nH]c1=O)CC2. The Morgan fingerprint density at radius 2 is 1.96 bits per heavy atom. The number of pyridine rings is 1. The summed E-state index contributed by atoms with van der Waals surface area (Å²) >= 11 is 13.0. The lowest BCUT2D eigenvalue weighted by Crippen LogP contribution is -2.39. The van der Waals surface area contributed by atoms with E-state index in [1.165, 1.54) is 0 Å². The molecule has 1 aromatic heterocycles. The number of nitrogens with zero attached hydrogens (tertiary/aromatic N) is 1. The van der Waals surface area contributed by atoms with Crippen LogP contribution in [0.2, 0.25) is 10.0 Å². The van der Waals surface area contributed by atoms with Crippen LogP contribution < -0.4 is 5.56 Å². The fraction of sp³-hybridized carbons (Fsp3) is 0.400. The number of H-pyrrole nitrogens is 1. The second-order valence-electron chi connectivity index (χ2n) is 6.91. The summed E-state index contributed by atoms with van der Waals surface area (Å²) < 4.78 is 5.35. The molecule has 0 saturated heterocycles. The molecule has 1 unspecified atom stereocenters. The molecule has 2 aromatic rings. The summed E-state index contributed by atoms with van der Waals surface area (Å²) in [6.45, 7) is 6.28. The van der Waals surface area contributed by atoms with Crippen molar-refractivity contribution in [2.45, 2.75) is 39.8 Å². The second-order valence-corrected chi connectivity index (χ2v) is 7.70. The second kappa shape index (κ2) is 7.66. The number of carbonyl (C=O) groups is 1. The van der Waals surface area contributed by atoms with E-state index in [9.17, 15) is 9.59 Å². The van der Waals surface area contributed by atoms with Gasteiger partial charge in [-0.05, 0) is 50.5 Å². The van der Waals surface area contributed by atoms with Gasteiger partial charge in [0, 0.05) is 35.5 Å². The smallest absolute Gasteiger partial charge is 0.256 e. The van der Waals surface area contributed by atoms with Crippen LogP contribution >= 0.6 is 23.2 Å². The Balaban J connectivity index is 2.02. The van der Waals surface area contributed by atoms with Crippen LogP contribution in [0.25, 0.3) is 0 Å². The first-order valence-electron chi connectivity index (χ1n) is 8.76. The van der Waals surface area contributed by atoms with E-state index in [0.29, 0.717) is 39.7 Å². The molecule has 1 aromatic carbocycles. The van der Waals surface area contributed by atoms with Crippen LogP contribution in [0.3, 0.4) is 0 Å². The molecule has 5 nitrogen and oxygen atoms in total. The third-order valence-electron chi connectivity index (χ3n) is 5.11. The lowest BCUT2D eigenvalue weighted by molar-refractivity contribution is 0.0725. The van der Waals surface area contributed by atoms with Crippen LogP contribution in [0.4, 0.5) is 0 Å². The summed E-state index contributed by atoms with van der Waals surface area (Å²) in [4.78, 5) is 30.0. The summed E-state index contributed by atoms with van der Waals surface area (Å²) in [5, 5.41) is 0.888. The number of benzene rings is 1. The minimum Gasteiger partial charge on any atom is -0.377 e. The number of fused-ring (bicyclic) bond motifs is 1. The first-order chi connectivity index (χ1) is 12.7. The van der Waals surface area contributed by atoms with Crippen molar-refractivity contribution in [1.29, 1.82) is 0 Å². The number of aryl methyl sites for hydroxylation is 2. The quantitative estimate of drug-likeness (QED) is 0.823. The monoisotopic (exact) mass is 408 g/mol. The summed E-state index contributed by atoms with van der Waals surface area (Å²) in [6.07, 6.45) is 0.301. The summed E-state index contributed by atoms with van der Waals surface area (Å²) in [7, 11) is 1.58. The van der Waals surface area contributed by atoms with Gasteiger partial charge in [0.2, 0.25) is 0 Å². The number of halogens is 2. The molecule has 27 heavy (non-hydrogen) atoms. The van der Waals surface area contributed by atoms with Crippen molar-refractivity contribution >= 4 is 29.1 Å². The summed E-state index contributed by atoms with van der Waals surface area (Å²) in [5.41, 5.74) is 3.92. The third-order valence-corrected chi connectivity index (χ3v) is 5.86. The summed E-state index contributed by atoms with van der Waals surface area (Å²) in [5.74, 6) is -0.215. The molecule has 3 rings (SSSR count). The highest BCUT2D eigenvalue weighted by Gasteiger charge is 2.31. The molecule has 144 valence electrons. The molecule has 0 spiro atoms. The fourth-order valence-electron chi connectivity index (χ4n) is 3.50. The van der Waals surface area contributed by atoms with Gasteiger partial charge in [0.15, 0.2) is 0 Å².